The lowest BCUT2D eigenvalue weighted by Crippen LogP contribution is -2.29. The van der Waals surface area contributed by atoms with Crippen molar-refractivity contribution in [2.45, 2.75) is 25.3 Å². The Hall–Kier alpha value is -2.02. The maximum Gasteiger partial charge on any atom is 0.0553 e. The summed E-state index contributed by atoms with van der Waals surface area (Å²) >= 11 is 0. The SMILES string of the molecule is Cc1ccc2c(c1)N[C@H](c1ccccc1)[C@@H]1CC=C[C@H]21. The summed E-state index contributed by atoms with van der Waals surface area (Å²) in [5, 5.41) is 3.79. The molecule has 0 saturated heterocycles. The highest BCUT2D eigenvalue weighted by atomic mass is 15.0. The molecule has 0 fully saturated rings. The van der Waals surface area contributed by atoms with Crippen LogP contribution in [0.3, 0.4) is 0 Å². The number of nitrogens with one attached hydrogen (secondary N) is 1. The largest absolute Gasteiger partial charge is 0.378 e. The summed E-state index contributed by atoms with van der Waals surface area (Å²) in [6.45, 7) is 2.16. The number of hydrogen-bond donors (Lipinski definition) is 1. The second-order valence-electron chi connectivity index (χ2n) is 5.98. The van der Waals surface area contributed by atoms with Gasteiger partial charge in [0.25, 0.3) is 0 Å². The summed E-state index contributed by atoms with van der Waals surface area (Å²) in [7, 11) is 0. The van der Waals surface area contributed by atoms with Crippen LogP contribution in [0.2, 0.25) is 0 Å². The lowest BCUT2D eigenvalue weighted by molar-refractivity contribution is 0.425. The molecule has 1 heterocycles. The first kappa shape index (κ1) is 11.8. The van der Waals surface area contributed by atoms with E-state index in [0.717, 1.165) is 0 Å². The van der Waals surface area contributed by atoms with Crippen molar-refractivity contribution in [1.29, 1.82) is 0 Å². The molecule has 0 aromatic heterocycles. The molecule has 1 aliphatic carbocycles. The summed E-state index contributed by atoms with van der Waals surface area (Å²) < 4.78 is 0. The van der Waals surface area contributed by atoms with Crippen LogP contribution in [-0.2, 0) is 0 Å². The van der Waals surface area contributed by atoms with Crippen molar-refractivity contribution in [3.05, 3.63) is 77.4 Å². The molecule has 20 heavy (non-hydrogen) atoms. The van der Waals surface area contributed by atoms with Gasteiger partial charge in [0.05, 0.1) is 6.04 Å². The Morgan fingerprint density at radius 3 is 2.75 bits per heavy atom. The molecule has 1 N–H and O–H groups in total. The number of benzene rings is 2. The average molecular weight is 261 g/mol. The third kappa shape index (κ3) is 1.77. The highest BCUT2D eigenvalue weighted by Crippen LogP contribution is 2.49. The molecular formula is C19H19N. The van der Waals surface area contributed by atoms with Gasteiger partial charge < -0.3 is 5.32 Å². The molecule has 0 amide bonds. The standard InChI is InChI=1S/C19H19N/c1-13-10-11-16-15-8-5-9-17(15)19(20-18(16)12-13)14-6-3-2-4-7-14/h2-8,10-12,15,17,19-20H,9H2,1H3/t15-,17-,19-/m1/s1. The van der Waals surface area contributed by atoms with Gasteiger partial charge in [0, 0.05) is 11.6 Å². The second kappa shape index (κ2) is 4.52. The molecule has 0 saturated carbocycles. The van der Waals surface area contributed by atoms with Crippen LogP contribution in [0.15, 0.2) is 60.7 Å². The molecule has 1 heteroatoms. The van der Waals surface area contributed by atoms with E-state index in [9.17, 15) is 0 Å². The second-order valence-corrected chi connectivity index (χ2v) is 5.98. The van der Waals surface area contributed by atoms with E-state index in [4.69, 9.17) is 0 Å². The van der Waals surface area contributed by atoms with Gasteiger partial charge in [0.2, 0.25) is 0 Å². The van der Waals surface area contributed by atoms with Gasteiger partial charge in [-0.1, -0.05) is 54.6 Å². The van der Waals surface area contributed by atoms with Gasteiger partial charge in [-0.3, -0.25) is 0 Å². The predicted molar refractivity (Wildman–Crippen MR) is 84.0 cm³/mol. The normalized spacial score (nSPS) is 26.8. The summed E-state index contributed by atoms with van der Waals surface area (Å²) in [5.41, 5.74) is 5.50. The van der Waals surface area contributed by atoms with E-state index in [1.165, 1.54) is 28.8 Å². The Morgan fingerprint density at radius 2 is 1.90 bits per heavy atom. The number of hydrogen-bond acceptors (Lipinski definition) is 1. The van der Waals surface area contributed by atoms with Crippen LogP contribution >= 0.6 is 0 Å². The van der Waals surface area contributed by atoms with Gasteiger partial charge in [-0.15, -0.1) is 0 Å². The highest BCUT2D eigenvalue weighted by Gasteiger charge is 2.37. The third-order valence-electron chi connectivity index (χ3n) is 4.68. The van der Waals surface area contributed by atoms with Gasteiger partial charge in [0.1, 0.15) is 0 Å². The van der Waals surface area contributed by atoms with Gasteiger partial charge in [0.15, 0.2) is 0 Å². The lowest BCUT2D eigenvalue weighted by atomic mass is 9.77. The molecule has 3 atom stereocenters. The molecular weight excluding hydrogens is 242 g/mol. The van der Waals surface area contributed by atoms with Crippen LogP contribution in [0.4, 0.5) is 5.69 Å². The van der Waals surface area contributed by atoms with E-state index >= 15 is 0 Å². The van der Waals surface area contributed by atoms with Gasteiger partial charge in [-0.05, 0) is 42.0 Å². The zero-order valence-electron chi connectivity index (χ0n) is 11.7. The fourth-order valence-electron chi connectivity index (χ4n) is 3.70. The van der Waals surface area contributed by atoms with Crippen molar-refractivity contribution >= 4 is 5.69 Å². The molecule has 100 valence electrons. The molecule has 0 bridgehead atoms. The van der Waals surface area contributed by atoms with Crippen LogP contribution in [0, 0.1) is 12.8 Å². The van der Waals surface area contributed by atoms with E-state index in [2.05, 4.69) is 72.9 Å². The quantitative estimate of drug-likeness (QED) is 0.726. The first-order chi connectivity index (χ1) is 9.83. The maximum atomic E-state index is 3.79. The fraction of sp³-hybridized carbons (Fsp3) is 0.263. The number of anilines is 1. The highest BCUT2D eigenvalue weighted by molar-refractivity contribution is 5.60. The minimum Gasteiger partial charge on any atom is -0.378 e. The Kier molecular flexibility index (Phi) is 2.66. The van der Waals surface area contributed by atoms with E-state index in [1.54, 1.807) is 0 Å². The molecule has 0 radical (unpaired) electrons. The smallest absolute Gasteiger partial charge is 0.0553 e. The van der Waals surface area contributed by atoms with E-state index < -0.39 is 0 Å². The monoisotopic (exact) mass is 261 g/mol. The molecule has 0 spiro atoms. The summed E-state index contributed by atoms with van der Waals surface area (Å²) in [4.78, 5) is 0. The van der Waals surface area contributed by atoms with E-state index in [-0.39, 0.29) is 0 Å². The van der Waals surface area contributed by atoms with Gasteiger partial charge in [-0.2, -0.15) is 0 Å². The maximum absolute atomic E-state index is 3.79. The first-order valence-corrected chi connectivity index (χ1v) is 7.41. The van der Waals surface area contributed by atoms with Crippen LogP contribution < -0.4 is 5.32 Å². The fourth-order valence-corrected chi connectivity index (χ4v) is 3.70. The summed E-state index contributed by atoms with van der Waals surface area (Å²) in [5.74, 6) is 1.21. The van der Waals surface area contributed by atoms with Crippen molar-refractivity contribution in [1.82, 2.24) is 0 Å². The number of rotatable bonds is 1. The Labute approximate surface area is 120 Å². The van der Waals surface area contributed by atoms with Crippen LogP contribution in [0.25, 0.3) is 0 Å². The minimum absolute atomic E-state index is 0.422. The van der Waals surface area contributed by atoms with E-state index in [0.29, 0.717) is 17.9 Å². The molecule has 2 aromatic carbocycles. The van der Waals surface area contributed by atoms with Crippen molar-refractivity contribution in [3.8, 4) is 0 Å². The average Bonchev–Trinajstić information content (AvgIpc) is 2.96. The van der Waals surface area contributed by atoms with Crippen molar-refractivity contribution in [3.63, 3.8) is 0 Å². The topological polar surface area (TPSA) is 12.0 Å². The molecule has 1 aliphatic heterocycles. The summed E-state index contributed by atoms with van der Waals surface area (Å²) in [6.07, 6.45) is 5.92. The number of aryl methyl sites for hydroxylation is 1. The van der Waals surface area contributed by atoms with Crippen LogP contribution in [0.5, 0.6) is 0 Å². The number of allylic oxidation sites excluding steroid dienone is 2. The first-order valence-electron chi connectivity index (χ1n) is 7.41. The predicted octanol–water partition coefficient (Wildman–Crippen LogP) is 4.82. The lowest BCUT2D eigenvalue weighted by Gasteiger charge is -2.37. The minimum atomic E-state index is 0.422. The van der Waals surface area contributed by atoms with E-state index in [1.807, 2.05) is 0 Å². The van der Waals surface area contributed by atoms with Crippen molar-refractivity contribution < 1.29 is 0 Å². The summed E-state index contributed by atoms with van der Waals surface area (Å²) in [6, 6.07) is 18.1. The molecule has 1 nitrogen and oxygen atoms in total. The van der Waals surface area contributed by atoms with Crippen LogP contribution in [-0.4, -0.2) is 0 Å². The zero-order valence-corrected chi connectivity index (χ0v) is 11.7. The molecule has 2 aliphatic rings. The zero-order chi connectivity index (χ0) is 13.5. The Morgan fingerprint density at radius 1 is 1.05 bits per heavy atom. The van der Waals surface area contributed by atoms with Crippen molar-refractivity contribution in [2.75, 3.05) is 5.32 Å². The van der Waals surface area contributed by atoms with Gasteiger partial charge >= 0.3 is 0 Å². The molecule has 4 rings (SSSR count). The Balaban J connectivity index is 1.81. The number of fused-ring (bicyclic) bond motifs is 3. The molecule has 0 unspecified atom stereocenters. The van der Waals surface area contributed by atoms with Gasteiger partial charge in [-0.25, -0.2) is 0 Å². The van der Waals surface area contributed by atoms with Crippen molar-refractivity contribution in [2.24, 2.45) is 5.92 Å². The Bertz CT molecular complexity index is 657. The third-order valence-corrected chi connectivity index (χ3v) is 4.68. The molecule has 2 aromatic rings. The van der Waals surface area contributed by atoms with Crippen LogP contribution in [0.1, 0.15) is 35.1 Å².